The zero-order chi connectivity index (χ0) is 14.1. The van der Waals surface area contributed by atoms with Crippen molar-refractivity contribution < 1.29 is 13.2 Å². The first kappa shape index (κ1) is 14.4. The van der Waals surface area contributed by atoms with Crippen LogP contribution in [0.4, 0.5) is 19.0 Å². The van der Waals surface area contributed by atoms with E-state index >= 15 is 0 Å². The maximum Gasteiger partial charge on any atom is 0.417 e. The molecule has 1 aromatic rings. The van der Waals surface area contributed by atoms with Crippen LogP contribution in [0.5, 0.6) is 0 Å². The third-order valence-electron chi connectivity index (χ3n) is 3.30. The van der Waals surface area contributed by atoms with Gasteiger partial charge in [-0.05, 0) is 38.9 Å². The summed E-state index contributed by atoms with van der Waals surface area (Å²) in [4.78, 5) is 3.80. The standard InChI is InChI=1S/C12H15ClF3N3/c1-11(2-4-17-5-3-11)19-10-9(13)6-8(7-18-10)12(14,15)16/h6-7,17H,2-5H2,1H3,(H,18,19). The van der Waals surface area contributed by atoms with Crippen LogP contribution in [0.2, 0.25) is 5.02 Å². The molecule has 7 heteroatoms. The molecule has 0 saturated carbocycles. The van der Waals surface area contributed by atoms with Crippen LogP contribution in [0.15, 0.2) is 12.3 Å². The highest BCUT2D eigenvalue weighted by Gasteiger charge is 2.32. The maximum atomic E-state index is 12.5. The number of hydrogen-bond acceptors (Lipinski definition) is 3. The molecule has 1 aliphatic rings. The van der Waals surface area contributed by atoms with Crippen molar-refractivity contribution in [1.29, 1.82) is 0 Å². The number of rotatable bonds is 2. The van der Waals surface area contributed by atoms with Crippen molar-refractivity contribution in [1.82, 2.24) is 10.3 Å². The monoisotopic (exact) mass is 293 g/mol. The summed E-state index contributed by atoms with van der Waals surface area (Å²) in [5, 5.41) is 6.38. The maximum absolute atomic E-state index is 12.5. The van der Waals surface area contributed by atoms with Crippen molar-refractivity contribution in [3.63, 3.8) is 0 Å². The summed E-state index contributed by atoms with van der Waals surface area (Å²) in [7, 11) is 0. The SMILES string of the molecule is CC1(Nc2ncc(C(F)(F)F)cc2Cl)CCNCC1. The number of alkyl halides is 3. The minimum absolute atomic E-state index is 0.00502. The first-order valence-corrected chi connectivity index (χ1v) is 6.40. The lowest BCUT2D eigenvalue weighted by molar-refractivity contribution is -0.137. The van der Waals surface area contributed by atoms with Crippen molar-refractivity contribution in [2.75, 3.05) is 18.4 Å². The van der Waals surface area contributed by atoms with Gasteiger partial charge in [-0.25, -0.2) is 4.98 Å². The predicted octanol–water partition coefficient (Wildman–Crippen LogP) is 3.31. The molecule has 2 rings (SSSR count). The molecule has 0 aromatic carbocycles. The van der Waals surface area contributed by atoms with E-state index in [4.69, 9.17) is 11.6 Å². The zero-order valence-corrected chi connectivity index (χ0v) is 11.2. The second-order valence-electron chi connectivity index (χ2n) is 4.99. The molecular formula is C12H15ClF3N3. The summed E-state index contributed by atoms with van der Waals surface area (Å²) in [6.07, 6.45) is -1.88. The van der Waals surface area contributed by atoms with Crippen LogP contribution in [-0.2, 0) is 6.18 Å². The molecule has 0 bridgehead atoms. The fourth-order valence-electron chi connectivity index (χ4n) is 2.07. The minimum Gasteiger partial charge on any atom is -0.364 e. The van der Waals surface area contributed by atoms with E-state index in [9.17, 15) is 13.2 Å². The van der Waals surface area contributed by atoms with Crippen LogP contribution in [0, 0.1) is 0 Å². The van der Waals surface area contributed by atoms with Crippen LogP contribution in [0.3, 0.4) is 0 Å². The number of aromatic nitrogens is 1. The molecule has 2 N–H and O–H groups in total. The predicted molar refractivity (Wildman–Crippen MR) is 68.4 cm³/mol. The number of hydrogen-bond donors (Lipinski definition) is 2. The number of pyridine rings is 1. The van der Waals surface area contributed by atoms with Crippen molar-refractivity contribution >= 4 is 17.4 Å². The molecule has 106 valence electrons. The number of halogens is 4. The van der Waals surface area contributed by atoms with Gasteiger partial charge in [-0.15, -0.1) is 0 Å². The van der Waals surface area contributed by atoms with E-state index in [-0.39, 0.29) is 10.6 Å². The Kier molecular flexibility index (Phi) is 3.92. The Morgan fingerprint density at radius 3 is 2.53 bits per heavy atom. The summed E-state index contributed by atoms with van der Waals surface area (Å²) >= 11 is 5.88. The first-order chi connectivity index (χ1) is 8.80. The third-order valence-corrected chi connectivity index (χ3v) is 3.58. The summed E-state index contributed by atoms with van der Waals surface area (Å²) in [6, 6.07) is 0.904. The van der Waals surface area contributed by atoms with Gasteiger partial charge in [0.15, 0.2) is 0 Å². The summed E-state index contributed by atoms with van der Waals surface area (Å²) in [5.74, 6) is 0.305. The number of piperidine rings is 1. The zero-order valence-electron chi connectivity index (χ0n) is 10.4. The topological polar surface area (TPSA) is 37.0 Å². The smallest absolute Gasteiger partial charge is 0.364 e. The lowest BCUT2D eigenvalue weighted by atomic mass is 9.90. The molecule has 0 spiro atoms. The van der Waals surface area contributed by atoms with Gasteiger partial charge < -0.3 is 10.6 Å². The van der Waals surface area contributed by atoms with Gasteiger partial charge in [0.2, 0.25) is 0 Å². The Labute approximate surface area is 114 Å². The molecule has 0 radical (unpaired) electrons. The molecule has 1 fully saturated rings. The van der Waals surface area contributed by atoms with Gasteiger partial charge in [0.1, 0.15) is 5.82 Å². The fraction of sp³-hybridized carbons (Fsp3) is 0.583. The van der Waals surface area contributed by atoms with E-state index in [0.717, 1.165) is 38.2 Å². The normalized spacial score (nSPS) is 19.2. The van der Waals surface area contributed by atoms with Crippen molar-refractivity contribution in [2.45, 2.75) is 31.5 Å². The molecule has 1 aliphatic heterocycles. The second-order valence-corrected chi connectivity index (χ2v) is 5.40. The highest BCUT2D eigenvalue weighted by Crippen LogP contribution is 2.34. The third kappa shape index (κ3) is 3.51. The quantitative estimate of drug-likeness (QED) is 0.878. The molecule has 0 unspecified atom stereocenters. The van der Waals surface area contributed by atoms with Crippen molar-refractivity contribution in [3.8, 4) is 0 Å². The minimum atomic E-state index is -4.42. The average molecular weight is 294 g/mol. The Morgan fingerprint density at radius 1 is 1.37 bits per heavy atom. The van der Waals surface area contributed by atoms with Crippen LogP contribution < -0.4 is 10.6 Å². The lowest BCUT2D eigenvalue weighted by Gasteiger charge is -2.35. The van der Waals surface area contributed by atoms with Crippen LogP contribution in [-0.4, -0.2) is 23.6 Å². The molecule has 1 aromatic heterocycles. The molecule has 0 atom stereocenters. The molecule has 3 nitrogen and oxygen atoms in total. The average Bonchev–Trinajstić information content (AvgIpc) is 2.31. The fourth-order valence-corrected chi connectivity index (χ4v) is 2.29. The van der Waals surface area contributed by atoms with Gasteiger partial charge >= 0.3 is 6.18 Å². The Bertz CT molecular complexity index is 456. The Hall–Kier alpha value is -1.01. The summed E-state index contributed by atoms with van der Waals surface area (Å²) in [5.41, 5.74) is -1.03. The second kappa shape index (κ2) is 5.17. The highest BCUT2D eigenvalue weighted by atomic mass is 35.5. The lowest BCUT2D eigenvalue weighted by Crippen LogP contribution is -2.45. The molecular weight excluding hydrogens is 279 g/mol. The molecule has 2 heterocycles. The van der Waals surface area contributed by atoms with Gasteiger partial charge in [-0.2, -0.15) is 13.2 Å². The van der Waals surface area contributed by atoms with Gasteiger partial charge in [0.05, 0.1) is 10.6 Å². The number of nitrogens with one attached hydrogen (secondary N) is 2. The van der Waals surface area contributed by atoms with E-state index in [0.29, 0.717) is 5.82 Å². The number of nitrogens with zero attached hydrogens (tertiary/aromatic N) is 1. The van der Waals surface area contributed by atoms with E-state index in [1.165, 1.54) is 0 Å². The van der Waals surface area contributed by atoms with E-state index < -0.39 is 11.7 Å². The largest absolute Gasteiger partial charge is 0.417 e. The van der Waals surface area contributed by atoms with Gasteiger partial charge in [-0.3, -0.25) is 0 Å². The molecule has 0 aliphatic carbocycles. The van der Waals surface area contributed by atoms with E-state index in [2.05, 4.69) is 15.6 Å². The highest BCUT2D eigenvalue weighted by molar-refractivity contribution is 6.33. The van der Waals surface area contributed by atoms with Crippen molar-refractivity contribution in [2.24, 2.45) is 0 Å². The number of anilines is 1. The Balaban J connectivity index is 2.17. The molecule has 19 heavy (non-hydrogen) atoms. The molecule has 1 saturated heterocycles. The first-order valence-electron chi connectivity index (χ1n) is 6.02. The van der Waals surface area contributed by atoms with E-state index in [1.54, 1.807) is 0 Å². The Morgan fingerprint density at radius 2 is 2.00 bits per heavy atom. The van der Waals surface area contributed by atoms with Crippen LogP contribution >= 0.6 is 11.6 Å². The van der Waals surface area contributed by atoms with Crippen molar-refractivity contribution in [3.05, 3.63) is 22.8 Å². The van der Waals surface area contributed by atoms with Crippen LogP contribution in [0.1, 0.15) is 25.3 Å². The summed E-state index contributed by atoms with van der Waals surface area (Å²) in [6.45, 7) is 3.74. The van der Waals surface area contributed by atoms with Gasteiger partial charge in [-0.1, -0.05) is 11.6 Å². The van der Waals surface area contributed by atoms with Crippen LogP contribution in [0.25, 0.3) is 0 Å². The molecule has 0 amide bonds. The van der Waals surface area contributed by atoms with Gasteiger partial charge in [0.25, 0.3) is 0 Å². The summed E-state index contributed by atoms with van der Waals surface area (Å²) < 4.78 is 37.5. The van der Waals surface area contributed by atoms with E-state index in [1.807, 2.05) is 6.92 Å². The van der Waals surface area contributed by atoms with Gasteiger partial charge in [0, 0.05) is 11.7 Å².